The number of halogens is 1. The van der Waals surface area contributed by atoms with E-state index >= 15 is 0 Å². The van der Waals surface area contributed by atoms with Gasteiger partial charge in [0.05, 0.1) is 6.04 Å². The van der Waals surface area contributed by atoms with E-state index in [4.69, 9.17) is 9.40 Å². The van der Waals surface area contributed by atoms with Crippen LogP contribution < -0.4 is 4.90 Å². The Morgan fingerprint density at radius 1 is 1.03 bits per heavy atom. The molecule has 172 valence electrons. The van der Waals surface area contributed by atoms with Crippen LogP contribution in [0.3, 0.4) is 0 Å². The number of aromatic nitrogens is 5. The van der Waals surface area contributed by atoms with Crippen LogP contribution in [-0.2, 0) is 0 Å². The van der Waals surface area contributed by atoms with Crippen LogP contribution >= 0.6 is 0 Å². The number of nitrogens with one attached hydrogen (secondary N) is 1. The third-order valence-electron chi connectivity index (χ3n) is 6.02. The zero-order valence-corrected chi connectivity index (χ0v) is 19.1. The van der Waals surface area contributed by atoms with E-state index in [0.29, 0.717) is 23.0 Å². The number of para-hydroxylation sites is 2. The number of oxazole rings is 1. The number of rotatable bonds is 8. The van der Waals surface area contributed by atoms with Crippen LogP contribution in [0.15, 0.2) is 71.1 Å². The standard InChI is InChI=1S/C26H25FN6O/c1-3-4-15-33(26-28-23-7-5-6-8-24(23)34-26)17(2)18-9-11-19(12-10-18)22-16-20(27)13-14-21(22)25-29-31-32-30-25/h5-14,16-17H,3-4,15H2,1-2H3,(H,29,30,31,32)/t17-/m1/s1. The Bertz CT molecular complexity index is 1350. The van der Waals surface area contributed by atoms with Gasteiger partial charge in [-0.05, 0) is 65.6 Å². The second kappa shape index (κ2) is 9.43. The Morgan fingerprint density at radius 3 is 2.59 bits per heavy atom. The van der Waals surface area contributed by atoms with Gasteiger partial charge in [-0.25, -0.2) is 4.39 Å². The highest BCUT2D eigenvalue weighted by Crippen LogP contribution is 2.34. The zero-order chi connectivity index (χ0) is 23.5. The summed E-state index contributed by atoms with van der Waals surface area (Å²) in [5.41, 5.74) is 5.04. The van der Waals surface area contributed by atoms with Crippen LogP contribution in [0.2, 0.25) is 0 Å². The lowest BCUT2D eigenvalue weighted by Crippen LogP contribution is -2.28. The summed E-state index contributed by atoms with van der Waals surface area (Å²) in [6.07, 6.45) is 2.10. The van der Waals surface area contributed by atoms with Crippen molar-refractivity contribution in [1.82, 2.24) is 25.6 Å². The lowest BCUT2D eigenvalue weighted by molar-refractivity contribution is 0.524. The minimum atomic E-state index is -0.318. The number of benzene rings is 3. The molecule has 5 aromatic rings. The van der Waals surface area contributed by atoms with E-state index in [9.17, 15) is 4.39 Å². The number of nitrogens with zero attached hydrogens (tertiary/aromatic N) is 5. The van der Waals surface area contributed by atoms with Gasteiger partial charge < -0.3 is 9.32 Å². The summed E-state index contributed by atoms with van der Waals surface area (Å²) < 4.78 is 20.2. The molecule has 5 rings (SSSR count). The van der Waals surface area contributed by atoms with Gasteiger partial charge in [-0.3, -0.25) is 0 Å². The average molecular weight is 457 g/mol. The van der Waals surface area contributed by atoms with Crippen molar-refractivity contribution in [2.24, 2.45) is 0 Å². The summed E-state index contributed by atoms with van der Waals surface area (Å²) >= 11 is 0. The molecule has 0 saturated heterocycles. The molecule has 0 radical (unpaired) electrons. The molecule has 0 aliphatic heterocycles. The molecule has 0 aliphatic rings. The quantitative estimate of drug-likeness (QED) is 0.300. The molecule has 7 nitrogen and oxygen atoms in total. The molecule has 3 aromatic carbocycles. The van der Waals surface area contributed by atoms with Gasteiger partial charge in [0, 0.05) is 12.1 Å². The average Bonchev–Trinajstić information content (AvgIpc) is 3.54. The number of hydrogen-bond acceptors (Lipinski definition) is 6. The highest BCUT2D eigenvalue weighted by molar-refractivity contribution is 5.80. The van der Waals surface area contributed by atoms with Crippen LogP contribution in [0.1, 0.15) is 38.3 Å². The second-order valence-electron chi connectivity index (χ2n) is 8.23. The molecule has 2 aromatic heterocycles. The van der Waals surface area contributed by atoms with Gasteiger partial charge in [0.15, 0.2) is 5.58 Å². The van der Waals surface area contributed by atoms with Crippen molar-refractivity contribution in [3.05, 3.63) is 78.1 Å². The molecule has 0 saturated carbocycles. The van der Waals surface area contributed by atoms with E-state index in [1.165, 1.54) is 12.1 Å². The summed E-state index contributed by atoms with van der Waals surface area (Å²) in [6.45, 7) is 5.15. The fourth-order valence-electron chi connectivity index (χ4n) is 4.11. The normalized spacial score (nSPS) is 12.2. The summed E-state index contributed by atoms with van der Waals surface area (Å²) in [4.78, 5) is 6.92. The number of tetrazole rings is 1. The first-order chi connectivity index (χ1) is 16.6. The smallest absolute Gasteiger partial charge is 0.298 e. The van der Waals surface area contributed by atoms with Crippen molar-refractivity contribution >= 4 is 17.1 Å². The Labute approximate surface area is 196 Å². The third kappa shape index (κ3) is 4.26. The maximum Gasteiger partial charge on any atom is 0.298 e. The first-order valence-electron chi connectivity index (χ1n) is 11.4. The Balaban J connectivity index is 1.47. The molecule has 0 bridgehead atoms. The molecule has 34 heavy (non-hydrogen) atoms. The Kier molecular flexibility index (Phi) is 6.03. The zero-order valence-electron chi connectivity index (χ0n) is 19.1. The van der Waals surface area contributed by atoms with E-state index in [0.717, 1.165) is 41.6 Å². The minimum Gasteiger partial charge on any atom is -0.423 e. The van der Waals surface area contributed by atoms with Crippen molar-refractivity contribution in [3.8, 4) is 22.5 Å². The second-order valence-corrected chi connectivity index (χ2v) is 8.23. The Hall–Kier alpha value is -4.07. The van der Waals surface area contributed by atoms with E-state index < -0.39 is 0 Å². The number of hydrogen-bond donors (Lipinski definition) is 1. The molecule has 1 atom stereocenters. The van der Waals surface area contributed by atoms with Crippen molar-refractivity contribution in [1.29, 1.82) is 0 Å². The minimum absolute atomic E-state index is 0.0397. The van der Waals surface area contributed by atoms with Gasteiger partial charge >= 0.3 is 0 Å². The van der Waals surface area contributed by atoms with E-state index in [-0.39, 0.29) is 11.9 Å². The number of unbranched alkanes of at least 4 members (excludes halogenated alkanes) is 1. The van der Waals surface area contributed by atoms with Gasteiger partial charge in [0.2, 0.25) is 5.82 Å². The van der Waals surface area contributed by atoms with Crippen molar-refractivity contribution in [2.75, 3.05) is 11.4 Å². The lowest BCUT2D eigenvalue weighted by Gasteiger charge is -2.28. The molecule has 0 fully saturated rings. The molecule has 0 unspecified atom stereocenters. The first kappa shape index (κ1) is 21.8. The van der Waals surface area contributed by atoms with Crippen molar-refractivity contribution in [2.45, 2.75) is 32.7 Å². The molecule has 0 spiro atoms. The molecule has 8 heteroatoms. The van der Waals surface area contributed by atoms with Crippen LogP contribution in [0.4, 0.5) is 10.4 Å². The number of fused-ring (bicyclic) bond motifs is 1. The molecular formula is C26H25FN6O. The summed E-state index contributed by atoms with van der Waals surface area (Å²) in [5.74, 6) is 0.107. The predicted molar refractivity (Wildman–Crippen MR) is 130 cm³/mol. The summed E-state index contributed by atoms with van der Waals surface area (Å²) in [6, 6.07) is 21.1. The fraction of sp³-hybridized carbons (Fsp3) is 0.231. The van der Waals surface area contributed by atoms with E-state index in [2.05, 4.69) is 51.5 Å². The van der Waals surface area contributed by atoms with Gasteiger partial charge in [-0.2, -0.15) is 10.2 Å². The molecule has 1 N–H and O–H groups in total. The molecule has 2 heterocycles. The highest BCUT2D eigenvalue weighted by atomic mass is 19.1. The van der Waals surface area contributed by atoms with Gasteiger partial charge in [0.1, 0.15) is 11.3 Å². The third-order valence-corrected chi connectivity index (χ3v) is 6.02. The van der Waals surface area contributed by atoms with Gasteiger partial charge in [0.25, 0.3) is 6.01 Å². The van der Waals surface area contributed by atoms with Crippen LogP contribution in [-0.4, -0.2) is 32.2 Å². The SMILES string of the molecule is CCCCN(c1nc2ccccc2o1)[C@H](C)c1ccc(-c2cc(F)ccc2-c2nn[nH]n2)cc1. The topological polar surface area (TPSA) is 83.7 Å². The largest absolute Gasteiger partial charge is 0.423 e. The van der Waals surface area contributed by atoms with Crippen LogP contribution in [0.5, 0.6) is 0 Å². The fourth-order valence-corrected chi connectivity index (χ4v) is 4.11. The van der Waals surface area contributed by atoms with Crippen molar-refractivity contribution < 1.29 is 8.81 Å². The summed E-state index contributed by atoms with van der Waals surface area (Å²) in [5, 5.41) is 14.2. The lowest BCUT2D eigenvalue weighted by atomic mass is 9.96. The molecular weight excluding hydrogens is 431 g/mol. The predicted octanol–water partition coefficient (Wildman–Crippen LogP) is 6.18. The van der Waals surface area contributed by atoms with E-state index in [1.807, 2.05) is 36.4 Å². The van der Waals surface area contributed by atoms with Gasteiger partial charge in [-0.15, -0.1) is 10.2 Å². The monoisotopic (exact) mass is 456 g/mol. The van der Waals surface area contributed by atoms with Crippen LogP contribution in [0.25, 0.3) is 33.6 Å². The Morgan fingerprint density at radius 2 is 1.85 bits per heavy atom. The number of anilines is 1. The van der Waals surface area contributed by atoms with Gasteiger partial charge in [-0.1, -0.05) is 49.7 Å². The van der Waals surface area contributed by atoms with Crippen molar-refractivity contribution in [3.63, 3.8) is 0 Å². The highest BCUT2D eigenvalue weighted by Gasteiger charge is 2.21. The first-order valence-corrected chi connectivity index (χ1v) is 11.4. The maximum absolute atomic E-state index is 14.1. The summed E-state index contributed by atoms with van der Waals surface area (Å²) in [7, 11) is 0. The molecule has 0 aliphatic carbocycles. The number of aromatic amines is 1. The van der Waals surface area contributed by atoms with Crippen LogP contribution in [0, 0.1) is 5.82 Å². The van der Waals surface area contributed by atoms with E-state index in [1.54, 1.807) is 6.07 Å². The number of H-pyrrole nitrogens is 1. The molecule has 0 amide bonds. The maximum atomic E-state index is 14.1.